The Morgan fingerprint density at radius 2 is 1.82 bits per heavy atom. The van der Waals surface area contributed by atoms with E-state index in [1.807, 2.05) is 0 Å². The number of alkyl halides is 3. The highest BCUT2D eigenvalue weighted by Crippen LogP contribution is 2.12. The second kappa shape index (κ2) is 6.92. The molecule has 0 saturated heterocycles. The molecule has 0 unspecified atom stereocenters. The SMILES string of the molecule is Cc1cc(C(=O)O)ccc1C(=O)NCC(=O)NCC(F)(F)F. The highest BCUT2D eigenvalue weighted by atomic mass is 19.4. The molecule has 1 aromatic rings. The van der Waals surface area contributed by atoms with Crippen molar-refractivity contribution in [1.82, 2.24) is 10.6 Å². The zero-order valence-electron chi connectivity index (χ0n) is 11.5. The summed E-state index contributed by atoms with van der Waals surface area (Å²) in [6, 6.07) is 3.76. The van der Waals surface area contributed by atoms with Crippen LogP contribution in [0.15, 0.2) is 18.2 Å². The van der Waals surface area contributed by atoms with Gasteiger partial charge in [-0.15, -0.1) is 0 Å². The zero-order valence-corrected chi connectivity index (χ0v) is 11.5. The standard InChI is InChI=1S/C13H13F3N2O4/c1-7-4-8(12(21)22)2-3-9(7)11(20)17-5-10(19)18-6-13(14,15)16/h2-4H,5-6H2,1H3,(H,17,20)(H,18,19)(H,21,22). The van der Waals surface area contributed by atoms with Crippen LogP contribution in [0, 0.1) is 6.92 Å². The summed E-state index contributed by atoms with van der Waals surface area (Å²) in [7, 11) is 0. The molecule has 0 spiro atoms. The number of nitrogens with one attached hydrogen (secondary N) is 2. The molecule has 0 aliphatic rings. The third-order valence-electron chi connectivity index (χ3n) is 2.61. The van der Waals surface area contributed by atoms with E-state index in [1.54, 1.807) is 5.32 Å². The van der Waals surface area contributed by atoms with Crippen LogP contribution in [0.5, 0.6) is 0 Å². The predicted molar refractivity (Wildman–Crippen MR) is 69.5 cm³/mol. The first-order chi connectivity index (χ1) is 10.1. The van der Waals surface area contributed by atoms with E-state index >= 15 is 0 Å². The summed E-state index contributed by atoms with van der Waals surface area (Å²) in [4.78, 5) is 33.7. The number of hydrogen-bond donors (Lipinski definition) is 3. The lowest BCUT2D eigenvalue weighted by Gasteiger charge is -2.10. The number of benzene rings is 1. The van der Waals surface area contributed by atoms with Crippen LogP contribution in [-0.4, -0.2) is 42.2 Å². The first-order valence-electron chi connectivity index (χ1n) is 6.06. The van der Waals surface area contributed by atoms with Crippen LogP contribution in [0.3, 0.4) is 0 Å². The molecule has 2 amide bonds. The second-order valence-corrected chi connectivity index (χ2v) is 4.41. The molecule has 0 aliphatic carbocycles. The maximum Gasteiger partial charge on any atom is 0.405 e. The van der Waals surface area contributed by atoms with Crippen LogP contribution >= 0.6 is 0 Å². The van der Waals surface area contributed by atoms with Crippen LogP contribution in [0.2, 0.25) is 0 Å². The van der Waals surface area contributed by atoms with E-state index in [0.717, 1.165) is 0 Å². The number of carbonyl (C=O) groups excluding carboxylic acids is 2. The summed E-state index contributed by atoms with van der Waals surface area (Å²) in [5, 5.41) is 12.6. The fourth-order valence-corrected chi connectivity index (χ4v) is 1.57. The Labute approximate surface area is 123 Å². The van der Waals surface area contributed by atoms with Crippen LogP contribution in [0.25, 0.3) is 0 Å². The smallest absolute Gasteiger partial charge is 0.405 e. The Morgan fingerprint density at radius 3 is 2.32 bits per heavy atom. The van der Waals surface area contributed by atoms with Crippen molar-refractivity contribution >= 4 is 17.8 Å². The Morgan fingerprint density at radius 1 is 1.18 bits per heavy atom. The zero-order chi connectivity index (χ0) is 16.9. The normalized spacial score (nSPS) is 10.9. The summed E-state index contributed by atoms with van der Waals surface area (Å²) < 4.78 is 35.7. The molecule has 0 heterocycles. The third-order valence-corrected chi connectivity index (χ3v) is 2.61. The van der Waals surface area contributed by atoms with Gasteiger partial charge in [0.05, 0.1) is 12.1 Å². The number of halogens is 3. The van der Waals surface area contributed by atoms with E-state index in [0.29, 0.717) is 5.56 Å². The van der Waals surface area contributed by atoms with Crippen molar-refractivity contribution in [2.45, 2.75) is 13.1 Å². The molecule has 6 nitrogen and oxygen atoms in total. The highest BCUT2D eigenvalue weighted by molar-refractivity contribution is 5.99. The molecule has 3 N–H and O–H groups in total. The Bertz CT molecular complexity index is 599. The fourth-order valence-electron chi connectivity index (χ4n) is 1.57. The second-order valence-electron chi connectivity index (χ2n) is 4.41. The van der Waals surface area contributed by atoms with E-state index < -0.39 is 37.0 Å². The van der Waals surface area contributed by atoms with Crippen molar-refractivity contribution in [2.75, 3.05) is 13.1 Å². The number of carboxylic acid groups (broad SMARTS) is 1. The molecule has 120 valence electrons. The van der Waals surface area contributed by atoms with Crippen molar-refractivity contribution in [1.29, 1.82) is 0 Å². The van der Waals surface area contributed by atoms with Crippen molar-refractivity contribution < 1.29 is 32.7 Å². The quantitative estimate of drug-likeness (QED) is 0.757. The molecular formula is C13H13F3N2O4. The fraction of sp³-hybridized carbons (Fsp3) is 0.308. The van der Waals surface area contributed by atoms with Crippen molar-refractivity contribution in [3.63, 3.8) is 0 Å². The molecule has 9 heteroatoms. The van der Waals surface area contributed by atoms with Gasteiger partial charge < -0.3 is 15.7 Å². The van der Waals surface area contributed by atoms with Gasteiger partial charge in [0.2, 0.25) is 5.91 Å². The Kier molecular flexibility index (Phi) is 5.50. The lowest BCUT2D eigenvalue weighted by Crippen LogP contribution is -2.41. The molecule has 1 aromatic carbocycles. The molecule has 1 rings (SSSR count). The van der Waals surface area contributed by atoms with Gasteiger partial charge in [-0.2, -0.15) is 13.2 Å². The van der Waals surface area contributed by atoms with Gasteiger partial charge in [0.15, 0.2) is 0 Å². The van der Waals surface area contributed by atoms with Crippen LogP contribution in [0.1, 0.15) is 26.3 Å². The minimum atomic E-state index is -4.52. The van der Waals surface area contributed by atoms with E-state index in [-0.39, 0.29) is 11.1 Å². The average molecular weight is 318 g/mol. The number of aryl methyl sites for hydroxylation is 1. The summed E-state index contributed by atoms with van der Waals surface area (Å²) in [6.07, 6.45) is -4.52. The minimum Gasteiger partial charge on any atom is -0.478 e. The largest absolute Gasteiger partial charge is 0.478 e. The van der Waals surface area contributed by atoms with Gasteiger partial charge in [0, 0.05) is 5.56 Å². The Hall–Kier alpha value is -2.58. The average Bonchev–Trinajstić information content (AvgIpc) is 2.41. The monoisotopic (exact) mass is 318 g/mol. The van der Waals surface area contributed by atoms with Crippen molar-refractivity contribution in [3.8, 4) is 0 Å². The molecule has 22 heavy (non-hydrogen) atoms. The summed E-state index contributed by atoms with van der Waals surface area (Å²) in [6.45, 7) is -0.589. The number of carbonyl (C=O) groups is 3. The van der Waals surface area contributed by atoms with Gasteiger partial charge in [-0.05, 0) is 30.7 Å². The van der Waals surface area contributed by atoms with E-state index in [2.05, 4.69) is 5.32 Å². The van der Waals surface area contributed by atoms with Crippen LogP contribution in [0.4, 0.5) is 13.2 Å². The topological polar surface area (TPSA) is 95.5 Å². The number of hydrogen-bond acceptors (Lipinski definition) is 3. The van der Waals surface area contributed by atoms with Gasteiger partial charge in [0.25, 0.3) is 5.91 Å². The third kappa shape index (κ3) is 5.43. The van der Waals surface area contributed by atoms with Crippen LogP contribution < -0.4 is 10.6 Å². The molecule has 0 atom stereocenters. The summed E-state index contributed by atoms with van der Waals surface area (Å²) in [5.41, 5.74) is 0.499. The molecule has 0 radical (unpaired) electrons. The number of rotatable bonds is 5. The van der Waals surface area contributed by atoms with Crippen molar-refractivity contribution in [3.05, 3.63) is 34.9 Å². The van der Waals surface area contributed by atoms with Gasteiger partial charge in [-0.25, -0.2) is 4.79 Å². The van der Waals surface area contributed by atoms with E-state index in [4.69, 9.17) is 5.11 Å². The number of aromatic carboxylic acids is 1. The minimum absolute atomic E-state index is 0.00281. The van der Waals surface area contributed by atoms with Crippen molar-refractivity contribution in [2.24, 2.45) is 0 Å². The molecule has 0 fully saturated rings. The first-order valence-corrected chi connectivity index (χ1v) is 6.06. The lowest BCUT2D eigenvalue weighted by molar-refractivity contribution is -0.137. The van der Waals surface area contributed by atoms with Gasteiger partial charge in [-0.3, -0.25) is 9.59 Å². The summed E-state index contributed by atoms with van der Waals surface area (Å²) >= 11 is 0. The van der Waals surface area contributed by atoms with Gasteiger partial charge >= 0.3 is 12.1 Å². The van der Waals surface area contributed by atoms with Gasteiger partial charge in [0.1, 0.15) is 6.54 Å². The summed E-state index contributed by atoms with van der Waals surface area (Å²) in [5.74, 6) is -2.82. The molecule has 0 bridgehead atoms. The maximum absolute atomic E-state index is 11.9. The molecule has 0 aromatic heterocycles. The molecule has 0 aliphatic heterocycles. The lowest BCUT2D eigenvalue weighted by atomic mass is 10.0. The van der Waals surface area contributed by atoms with Crippen LogP contribution in [-0.2, 0) is 4.79 Å². The Balaban J connectivity index is 2.59. The predicted octanol–water partition coefficient (Wildman–Crippen LogP) is 1.10. The van der Waals surface area contributed by atoms with E-state index in [9.17, 15) is 27.6 Å². The van der Waals surface area contributed by atoms with Gasteiger partial charge in [-0.1, -0.05) is 0 Å². The first kappa shape index (κ1) is 17.5. The highest BCUT2D eigenvalue weighted by Gasteiger charge is 2.27. The maximum atomic E-state index is 11.9. The molecular weight excluding hydrogens is 305 g/mol. The number of carboxylic acids is 1. The van der Waals surface area contributed by atoms with E-state index in [1.165, 1.54) is 25.1 Å². The number of amides is 2. The molecule has 0 saturated carbocycles.